The second-order valence-corrected chi connectivity index (χ2v) is 10.6. The molecule has 1 fully saturated rings. The normalized spacial score (nSPS) is 17.2. The zero-order valence-electron chi connectivity index (χ0n) is 21.9. The average Bonchev–Trinajstić information content (AvgIpc) is 3.42. The van der Waals surface area contributed by atoms with Crippen molar-refractivity contribution in [2.45, 2.75) is 56.3 Å². The second-order valence-electron chi connectivity index (χ2n) is 9.60. The van der Waals surface area contributed by atoms with Crippen molar-refractivity contribution < 1.29 is 29.4 Å². The predicted octanol–water partition coefficient (Wildman–Crippen LogP) is 1.30. The molecule has 1 aliphatic rings. The molecule has 4 unspecified atom stereocenters. The Morgan fingerprint density at radius 1 is 1.00 bits per heavy atom. The maximum atomic E-state index is 13.7. The second kappa shape index (κ2) is 14.5. The molecule has 11 heteroatoms. The Labute approximate surface area is 232 Å². The van der Waals surface area contributed by atoms with Gasteiger partial charge in [0.05, 0.1) is 6.04 Å². The summed E-state index contributed by atoms with van der Waals surface area (Å²) < 4.78 is 0. The maximum Gasteiger partial charge on any atom is 0.326 e. The summed E-state index contributed by atoms with van der Waals surface area (Å²) in [5, 5.41) is 24.7. The number of hydrogen-bond donors (Lipinski definition) is 5. The van der Waals surface area contributed by atoms with Crippen molar-refractivity contribution in [1.82, 2.24) is 15.5 Å². The zero-order valence-corrected chi connectivity index (χ0v) is 22.7. The molecule has 1 saturated heterocycles. The summed E-state index contributed by atoms with van der Waals surface area (Å²) in [4.78, 5) is 53.1. The van der Waals surface area contributed by atoms with E-state index in [1.165, 1.54) is 17.0 Å². The molecule has 3 amide bonds. The summed E-state index contributed by atoms with van der Waals surface area (Å²) >= 11 is 1.56. The number of phenolic OH excluding ortho intramolecular Hbond substituents is 1. The summed E-state index contributed by atoms with van der Waals surface area (Å²) in [6, 6.07) is 11.5. The Morgan fingerprint density at radius 3 is 2.28 bits per heavy atom. The molecule has 10 nitrogen and oxygen atoms in total. The van der Waals surface area contributed by atoms with Gasteiger partial charge in [-0.25, -0.2) is 4.79 Å². The van der Waals surface area contributed by atoms with E-state index in [1.54, 1.807) is 48.2 Å². The summed E-state index contributed by atoms with van der Waals surface area (Å²) in [5.41, 5.74) is 7.51. The lowest BCUT2D eigenvalue weighted by molar-refractivity contribution is -0.144. The largest absolute Gasteiger partial charge is 0.508 e. The topological polar surface area (TPSA) is 162 Å². The minimum Gasteiger partial charge on any atom is -0.508 e. The molecule has 2 aromatic rings. The predicted molar refractivity (Wildman–Crippen MR) is 149 cm³/mol. The van der Waals surface area contributed by atoms with E-state index in [0.29, 0.717) is 37.1 Å². The molecule has 0 bridgehead atoms. The van der Waals surface area contributed by atoms with Gasteiger partial charge in [0.25, 0.3) is 0 Å². The number of carboxylic acids is 1. The van der Waals surface area contributed by atoms with Crippen LogP contribution in [0.4, 0.5) is 0 Å². The van der Waals surface area contributed by atoms with Gasteiger partial charge in [-0.1, -0.05) is 42.5 Å². The first kappa shape index (κ1) is 30.0. The first-order valence-corrected chi connectivity index (χ1v) is 14.3. The van der Waals surface area contributed by atoms with Gasteiger partial charge in [0.15, 0.2) is 0 Å². The third-order valence-corrected chi connectivity index (χ3v) is 7.34. The number of nitrogens with zero attached hydrogens (tertiary/aromatic N) is 1. The van der Waals surface area contributed by atoms with Gasteiger partial charge in [-0.3, -0.25) is 14.4 Å². The molecular formula is C28H36N4O6S. The summed E-state index contributed by atoms with van der Waals surface area (Å²) in [7, 11) is 0. The van der Waals surface area contributed by atoms with Gasteiger partial charge in [0.2, 0.25) is 17.7 Å². The third kappa shape index (κ3) is 8.72. The number of phenols is 1. The fourth-order valence-corrected chi connectivity index (χ4v) is 5.03. The van der Waals surface area contributed by atoms with E-state index in [-0.39, 0.29) is 18.6 Å². The lowest BCUT2D eigenvalue weighted by Crippen LogP contribution is -2.57. The summed E-state index contributed by atoms with van der Waals surface area (Å²) in [5.74, 6) is -1.86. The van der Waals surface area contributed by atoms with Crippen molar-refractivity contribution in [3.63, 3.8) is 0 Å². The molecule has 210 valence electrons. The number of carboxylic acid groups (broad SMARTS) is 1. The van der Waals surface area contributed by atoms with Gasteiger partial charge < -0.3 is 31.5 Å². The van der Waals surface area contributed by atoms with Gasteiger partial charge in [0.1, 0.15) is 23.9 Å². The standard InChI is InChI=1S/C28H36N4O6S/c1-39-15-13-21(29)25(34)30-22(16-19-9-11-20(33)12-10-19)27(36)32-14-5-8-24(32)26(35)31-23(28(37)38)17-18-6-3-2-4-7-18/h2-4,6-7,9-12,21-24,33H,5,8,13-17,29H2,1H3,(H,30,34)(H,31,35)(H,37,38). The molecule has 2 aromatic carbocycles. The number of hydrogen-bond acceptors (Lipinski definition) is 7. The van der Waals surface area contributed by atoms with Crippen molar-refractivity contribution in [2.75, 3.05) is 18.6 Å². The molecule has 4 atom stereocenters. The molecule has 1 heterocycles. The fraction of sp³-hybridized carbons (Fsp3) is 0.429. The van der Waals surface area contributed by atoms with E-state index in [0.717, 1.165) is 5.56 Å². The van der Waals surface area contributed by atoms with E-state index in [2.05, 4.69) is 10.6 Å². The van der Waals surface area contributed by atoms with Crippen molar-refractivity contribution >= 4 is 35.5 Å². The maximum absolute atomic E-state index is 13.7. The number of likely N-dealkylation sites (tertiary alicyclic amines) is 1. The molecule has 0 aliphatic carbocycles. The van der Waals surface area contributed by atoms with Gasteiger partial charge >= 0.3 is 5.97 Å². The number of aliphatic carboxylic acids is 1. The van der Waals surface area contributed by atoms with E-state index < -0.39 is 47.9 Å². The van der Waals surface area contributed by atoms with Gasteiger partial charge in [-0.2, -0.15) is 11.8 Å². The monoisotopic (exact) mass is 556 g/mol. The highest BCUT2D eigenvalue weighted by molar-refractivity contribution is 7.98. The Bertz CT molecular complexity index is 1130. The number of amides is 3. The number of nitrogens with one attached hydrogen (secondary N) is 2. The van der Waals surface area contributed by atoms with Crippen LogP contribution in [-0.2, 0) is 32.0 Å². The van der Waals surface area contributed by atoms with Gasteiger partial charge in [0, 0.05) is 19.4 Å². The quantitative estimate of drug-likeness (QED) is 0.247. The van der Waals surface area contributed by atoms with Crippen LogP contribution in [0.15, 0.2) is 54.6 Å². The number of aromatic hydroxyl groups is 1. The Hall–Kier alpha value is -3.57. The van der Waals surface area contributed by atoms with Crippen LogP contribution >= 0.6 is 11.8 Å². The number of thioether (sulfide) groups is 1. The zero-order chi connectivity index (χ0) is 28.4. The van der Waals surface area contributed by atoms with E-state index >= 15 is 0 Å². The van der Waals surface area contributed by atoms with Crippen LogP contribution in [0.1, 0.15) is 30.4 Å². The summed E-state index contributed by atoms with van der Waals surface area (Å²) in [6.07, 6.45) is 3.54. The molecule has 0 saturated carbocycles. The first-order chi connectivity index (χ1) is 18.7. The van der Waals surface area contributed by atoms with Crippen molar-refractivity contribution in [2.24, 2.45) is 5.73 Å². The number of carbonyl (C=O) groups is 4. The average molecular weight is 557 g/mol. The molecule has 1 aliphatic heterocycles. The molecule has 39 heavy (non-hydrogen) atoms. The lowest BCUT2D eigenvalue weighted by atomic mass is 10.0. The highest BCUT2D eigenvalue weighted by Crippen LogP contribution is 2.21. The molecule has 0 spiro atoms. The van der Waals surface area contributed by atoms with Crippen LogP contribution in [0.25, 0.3) is 0 Å². The lowest BCUT2D eigenvalue weighted by Gasteiger charge is -2.30. The third-order valence-electron chi connectivity index (χ3n) is 6.70. The van der Waals surface area contributed by atoms with Crippen LogP contribution in [0.3, 0.4) is 0 Å². The minimum atomic E-state index is -1.17. The first-order valence-electron chi connectivity index (χ1n) is 12.9. The van der Waals surface area contributed by atoms with Crippen molar-refractivity contribution in [1.29, 1.82) is 0 Å². The molecular weight excluding hydrogens is 520 g/mol. The van der Waals surface area contributed by atoms with Crippen LogP contribution in [0.5, 0.6) is 5.75 Å². The van der Waals surface area contributed by atoms with E-state index in [1.807, 2.05) is 12.3 Å². The molecule has 0 aromatic heterocycles. The number of carbonyl (C=O) groups excluding carboxylic acids is 3. The SMILES string of the molecule is CSCCC(N)C(=O)NC(Cc1ccc(O)cc1)C(=O)N1CCCC1C(=O)NC(Cc1ccccc1)C(=O)O. The Morgan fingerprint density at radius 2 is 1.64 bits per heavy atom. The van der Waals surface area contributed by atoms with Gasteiger partial charge in [-0.15, -0.1) is 0 Å². The van der Waals surface area contributed by atoms with Crippen LogP contribution in [0.2, 0.25) is 0 Å². The Kier molecular flexibility index (Phi) is 11.2. The van der Waals surface area contributed by atoms with Crippen LogP contribution < -0.4 is 16.4 Å². The fourth-order valence-electron chi connectivity index (χ4n) is 4.54. The minimum absolute atomic E-state index is 0.0736. The Balaban J connectivity index is 1.75. The molecule has 3 rings (SSSR count). The van der Waals surface area contributed by atoms with Crippen LogP contribution in [0, 0.1) is 0 Å². The van der Waals surface area contributed by atoms with Crippen LogP contribution in [-0.4, -0.2) is 81.5 Å². The number of benzene rings is 2. The highest BCUT2D eigenvalue weighted by atomic mass is 32.2. The highest BCUT2D eigenvalue weighted by Gasteiger charge is 2.39. The smallest absolute Gasteiger partial charge is 0.326 e. The van der Waals surface area contributed by atoms with E-state index in [9.17, 15) is 29.4 Å². The molecule has 6 N–H and O–H groups in total. The number of nitrogens with two attached hydrogens (primary N) is 1. The molecule has 0 radical (unpaired) electrons. The van der Waals surface area contributed by atoms with Crippen molar-refractivity contribution in [3.05, 3.63) is 65.7 Å². The van der Waals surface area contributed by atoms with E-state index in [4.69, 9.17) is 5.73 Å². The summed E-state index contributed by atoms with van der Waals surface area (Å²) in [6.45, 7) is 0.299. The number of rotatable bonds is 13. The van der Waals surface area contributed by atoms with Crippen molar-refractivity contribution in [3.8, 4) is 5.75 Å². The van der Waals surface area contributed by atoms with Gasteiger partial charge in [-0.05, 0) is 54.5 Å².